The number of rotatable bonds is 8. The molecule has 0 amide bonds. The molecule has 0 aliphatic rings. The smallest absolute Gasteiger partial charge is 0.119 e. The average molecular weight is 274 g/mol. The Kier molecular flexibility index (Phi) is 6.54. The van der Waals surface area contributed by atoms with Gasteiger partial charge < -0.3 is 10.1 Å². The monoisotopic (exact) mass is 274 g/mol. The van der Waals surface area contributed by atoms with Gasteiger partial charge in [0.05, 0.1) is 18.1 Å². The zero-order chi connectivity index (χ0) is 15.0. The molecule has 0 aliphatic carbocycles. The lowest BCUT2D eigenvalue weighted by Gasteiger charge is -2.15. The van der Waals surface area contributed by atoms with E-state index in [1.807, 2.05) is 26.0 Å². The molecule has 110 valence electrons. The third kappa shape index (κ3) is 6.58. The Bertz CT molecular complexity index is 429. The van der Waals surface area contributed by atoms with Crippen molar-refractivity contribution in [2.24, 2.45) is 11.3 Å². The van der Waals surface area contributed by atoms with Gasteiger partial charge in [-0.15, -0.1) is 0 Å². The number of benzene rings is 1. The summed E-state index contributed by atoms with van der Waals surface area (Å²) >= 11 is 0. The van der Waals surface area contributed by atoms with Crippen molar-refractivity contribution >= 4 is 0 Å². The fourth-order valence-electron chi connectivity index (χ4n) is 1.69. The van der Waals surface area contributed by atoms with Crippen molar-refractivity contribution in [3.05, 3.63) is 29.8 Å². The first-order valence-electron chi connectivity index (χ1n) is 7.26. The van der Waals surface area contributed by atoms with E-state index < -0.39 is 0 Å². The Hall–Kier alpha value is -1.53. The third-order valence-corrected chi connectivity index (χ3v) is 3.10. The zero-order valence-corrected chi connectivity index (χ0v) is 13.1. The minimum absolute atomic E-state index is 0.319. The van der Waals surface area contributed by atoms with E-state index in [1.54, 1.807) is 0 Å². The molecular weight excluding hydrogens is 248 g/mol. The average Bonchev–Trinajstić information content (AvgIpc) is 2.40. The molecule has 1 aromatic carbocycles. The van der Waals surface area contributed by atoms with Gasteiger partial charge in [0, 0.05) is 6.54 Å². The minimum atomic E-state index is -0.319. The molecule has 0 heterocycles. The number of nitrogens with zero attached hydrogens (tertiary/aromatic N) is 1. The standard InChI is InChI=1S/C17H26N2O/c1-14(2)11-19-12-15-5-7-16(8-6-15)20-10-9-17(3,4)13-18/h5-8,14,19H,9-12H2,1-4H3. The summed E-state index contributed by atoms with van der Waals surface area (Å²) in [6.07, 6.45) is 0.737. The lowest BCUT2D eigenvalue weighted by atomic mass is 9.92. The second-order valence-electron chi connectivity index (χ2n) is 6.26. The van der Waals surface area contributed by atoms with Crippen LogP contribution in [0.1, 0.15) is 39.7 Å². The summed E-state index contributed by atoms with van der Waals surface area (Å²) in [5.41, 5.74) is 0.941. The highest BCUT2D eigenvalue weighted by Gasteiger charge is 2.16. The highest BCUT2D eigenvalue weighted by molar-refractivity contribution is 5.27. The molecule has 0 radical (unpaired) electrons. The first kappa shape index (κ1) is 16.5. The van der Waals surface area contributed by atoms with Gasteiger partial charge in [-0.25, -0.2) is 0 Å². The van der Waals surface area contributed by atoms with Crippen molar-refractivity contribution in [2.45, 2.75) is 40.7 Å². The minimum Gasteiger partial charge on any atom is -0.494 e. The zero-order valence-electron chi connectivity index (χ0n) is 13.1. The fourth-order valence-corrected chi connectivity index (χ4v) is 1.69. The first-order valence-corrected chi connectivity index (χ1v) is 7.26. The summed E-state index contributed by atoms with van der Waals surface area (Å²) in [6.45, 7) is 10.8. The number of hydrogen-bond donors (Lipinski definition) is 1. The van der Waals surface area contributed by atoms with Crippen molar-refractivity contribution in [2.75, 3.05) is 13.2 Å². The summed E-state index contributed by atoms with van der Waals surface area (Å²) in [6, 6.07) is 10.4. The summed E-state index contributed by atoms with van der Waals surface area (Å²) in [7, 11) is 0. The molecule has 1 rings (SSSR count). The van der Waals surface area contributed by atoms with E-state index in [0.717, 1.165) is 25.3 Å². The maximum absolute atomic E-state index is 8.94. The lowest BCUT2D eigenvalue weighted by Crippen LogP contribution is -2.18. The van der Waals surface area contributed by atoms with Gasteiger partial charge in [-0.05, 0) is 50.4 Å². The summed E-state index contributed by atoms with van der Waals surface area (Å²) < 4.78 is 5.67. The van der Waals surface area contributed by atoms with Crippen LogP contribution in [0.2, 0.25) is 0 Å². The van der Waals surface area contributed by atoms with Crippen LogP contribution in [0, 0.1) is 22.7 Å². The molecule has 1 N–H and O–H groups in total. The van der Waals surface area contributed by atoms with Gasteiger partial charge in [-0.1, -0.05) is 26.0 Å². The molecule has 0 unspecified atom stereocenters. The van der Waals surface area contributed by atoms with Crippen LogP contribution in [-0.2, 0) is 6.54 Å². The predicted molar refractivity (Wildman–Crippen MR) is 82.5 cm³/mol. The number of ether oxygens (including phenoxy) is 1. The maximum atomic E-state index is 8.94. The van der Waals surface area contributed by atoms with E-state index >= 15 is 0 Å². The topological polar surface area (TPSA) is 45.0 Å². The van der Waals surface area contributed by atoms with Crippen LogP contribution in [0.3, 0.4) is 0 Å². The Balaban J connectivity index is 2.34. The Morgan fingerprint density at radius 2 is 1.90 bits per heavy atom. The van der Waals surface area contributed by atoms with Crippen LogP contribution in [0.5, 0.6) is 5.75 Å². The van der Waals surface area contributed by atoms with Crippen molar-refractivity contribution in [3.8, 4) is 11.8 Å². The first-order chi connectivity index (χ1) is 9.43. The maximum Gasteiger partial charge on any atom is 0.119 e. The van der Waals surface area contributed by atoms with Crippen LogP contribution in [-0.4, -0.2) is 13.2 Å². The van der Waals surface area contributed by atoms with Crippen LogP contribution in [0.15, 0.2) is 24.3 Å². The normalized spacial score (nSPS) is 11.4. The quantitative estimate of drug-likeness (QED) is 0.785. The molecule has 0 atom stereocenters. The van der Waals surface area contributed by atoms with Crippen molar-refractivity contribution in [3.63, 3.8) is 0 Å². The van der Waals surface area contributed by atoms with Gasteiger partial charge in [-0.2, -0.15) is 5.26 Å². The number of hydrogen-bond acceptors (Lipinski definition) is 3. The van der Waals surface area contributed by atoms with Gasteiger partial charge in [0.15, 0.2) is 0 Å². The van der Waals surface area contributed by atoms with Crippen LogP contribution >= 0.6 is 0 Å². The van der Waals surface area contributed by atoms with Gasteiger partial charge in [0.1, 0.15) is 5.75 Å². The molecule has 0 spiro atoms. The summed E-state index contributed by atoms with van der Waals surface area (Å²) in [5, 5.41) is 12.4. The van der Waals surface area contributed by atoms with E-state index in [0.29, 0.717) is 12.5 Å². The second-order valence-corrected chi connectivity index (χ2v) is 6.26. The van der Waals surface area contributed by atoms with Crippen LogP contribution in [0.4, 0.5) is 0 Å². The van der Waals surface area contributed by atoms with E-state index in [9.17, 15) is 0 Å². The summed E-state index contributed by atoms with van der Waals surface area (Å²) in [4.78, 5) is 0. The molecule has 0 saturated heterocycles. The predicted octanol–water partition coefficient (Wildman–Crippen LogP) is 3.75. The molecule has 0 saturated carbocycles. The second kappa shape index (κ2) is 7.91. The van der Waals surface area contributed by atoms with Crippen molar-refractivity contribution in [1.82, 2.24) is 5.32 Å². The SMILES string of the molecule is CC(C)CNCc1ccc(OCCC(C)(C)C#N)cc1. The van der Waals surface area contributed by atoms with Crippen LogP contribution < -0.4 is 10.1 Å². The van der Waals surface area contributed by atoms with E-state index in [4.69, 9.17) is 10.00 Å². The Labute approximate surface area is 123 Å². The van der Waals surface area contributed by atoms with E-state index in [1.165, 1.54) is 5.56 Å². The molecular formula is C17H26N2O. The van der Waals surface area contributed by atoms with Gasteiger partial charge >= 0.3 is 0 Å². The van der Waals surface area contributed by atoms with Gasteiger partial charge in [0.2, 0.25) is 0 Å². The van der Waals surface area contributed by atoms with E-state index in [-0.39, 0.29) is 5.41 Å². The van der Waals surface area contributed by atoms with E-state index in [2.05, 4.69) is 37.4 Å². The molecule has 0 aliphatic heterocycles. The highest BCUT2D eigenvalue weighted by atomic mass is 16.5. The third-order valence-electron chi connectivity index (χ3n) is 3.10. The van der Waals surface area contributed by atoms with Gasteiger partial charge in [-0.3, -0.25) is 0 Å². The number of nitrogens with one attached hydrogen (secondary N) is 1. The Morgan fingerprint density at radius 3 is 2.45 bits per heavy atom. The van der Waals surface area contributed by atoms with Crippen molar-refractivity contribution in [1.29, 1.82) is 5.26 Å². The lowest BCUT2D eigenvalue weighted by molar-refractivity contribution is 0.264. The highest BCUT2D eigenvalue weighted by Crippen LogP contribution is 2.19. The largest absolute Gasteiger partial charge is 0.494 e. The molecule has 3 nitrogen and oxygen atoms in total. The number of nitriles is 1. The van der Waals surface area contributed by atoms with Crippen LogP contribution in [0.25, 0.3) is 0 Å². The van der Waals surface area contributed by atoms with Gasteiger partial charge in [0.25, 0.3) is 0 Å². The molecule has 0 fully saturated rings. The molecule has 20 heavy (non-hydrogen) atoms. The molecule has 1 aromatic rings. The molecule has 0 aromatic heterocycles. The Morgan fingerprint density at radius 1 is 1.25 bits per heavy atom. The molecule has 3 heteroatoms. The summed E-state index contributed by atoms with van der Waals surface area (Å²) in [5.74, 6) is 1.53. The van der Waals surface area contributed by atoms with Crippen molar-refractivity contribution < 1.29 is 4.74 Å². The molecule has 0 bridgehead atoms. The fraction of sp³-hybridized carbons (Fsp3) is 0.588.